The fourth-order valence-electron chi connectivity index (χ4n) is 4.91. The van der Waals surface area contributed by atoms with Gasteiger partial charge in [-0.1, -0.05) is 61.9 Å². The Morgan fingerprint density at radius 2 is 1.60 bits per heavy atom. The van der Waals surface area contributed by atoms with Crippen molar-refractivity contribution in [3.05, 3.63) is 59.7 Å². The molecule has 0 aromatic heterocycles. The maximum absolute atomic E-state index is 13.4. The Balaban J connectivity index is 1.65. The maximum Gasteiger partial charge on any atom is 0.408 e. The number of carbonyl (C=O) groups excluding carboxylic acids is 2. The number of carbonyl (C=O) groups is 3. The Morgan fingerprint density at radius 1 is 1.00 bits per heavy atom. The molecule has 0 aliphatic heterocycles. The average Bonchev–Trinajstić information content (AvgIpc) is 3.16. The Kier molecular flexibility index (Phi) is 8.90. The van der Waals surface area contributed by atoms with Crippen LogP contribution in [0, 0.1) is 0 Å². The Labute approximate surface area is 207 Å². The van der Waals surface area contributed by atoms with E-state index in [1.54, 1.807) is 11.8 Å². The number of nitrogens with zero attached hydrogens (tertiary/aromatic N) is 1. The zero-order valence-corrected chi connectivity index (χ0v) is 20.9. The van der Waals surface area contributed by atoms with Crippen LogP contribution in [-0.4, -0.2) is 53.2 Å². The van der Waals surface area contributed by atoms with E-state index in [0.29, 0.717) is 38.8 Å². The second-order valence-electron chi connectivity index (χ2n) is 9.27. The number of amides is 2. The Hall–Kier alpha value is -3.35. The van der Waals surface area contributed by atoms with Gasteiger partial charge in [-0.15, -0.1) is 0 Å². The third-order valence-electron chi connectivity index (χ3n) is 6.68. The molecule has 3 rings (SSSR count). The minimum absolute atomic E-state index is 0.0531. The molecule has 0 saturated heterocycles. The SMILES string of the molecule is CCCC(C)(NC(=O)OCC1c2ccccc2-c2ccccc21)C(=O)N(CC)CCCCC(=O)O. The molecular formula is C28H36N2O5. The summed E-state index contributed by atoms with van der Waals surface area (Å²) in [6, 6.07) is 16.3. The first-order valence-corrected chi connectivity index (χ1v) is 12.4. The van der Waals surface area contributed by atoms with Crippen LogP contribution in [0.25, 0.3) is 11.1 Å². The zero-order valence-electron chi connectivity index (χ0n) is 20.9. The number of likely N-dealkylation sites (N-methyl/N-ethyl adjacent to an activating group) is 1. The molecule has 7 nitrogen and oxygen atoms in total. The topological polar surface area (TPSA) is 95.9 Å². The van der Waals surface area contributed by atoms with Crippen molar-refractivity contribution >= 4 is 18.0 Å². The number of ether oxygens (including phenoxy) is 1. The lowest BCUT2D eigenvalue weighted by molar-refractivity contribution is -0.137. The summed E-state index contributed by atoms with van der Waals surface area (Å²) in [5.41, 5.74) is 3.48. The molecule has 7 heteroatoms. The van der Waals surface area contributed by atoms with Gasteiger partial charge in [-0.25, -0.2) is 4.79 Å². The van der Waals surface area contributed by atoms with Crippen molar-refractivity contribution in [3.63, 3.8) is 0 Å². The molecule has 2 aromatic carbocycles. The summed E-state index contributed by atoms with van der Waals surface area (Å²) in [5.74, 6) is -1.07. The van der Waals surface area contributed by atoms with E-state index in [0.717, 1.165) is 22.3 Å². The first-order valence-electron chi connectivity index (χ1n) is 12.4. The van der Waals surface area contributed by atoms with E-state index >= 15 is 0 Å². The van der Waals surface area contributed by atoms with Gasteiger partial charge in [0.15, 0.2) is 0 Å². The van der Waals surface area contributed by atoms with Crippen LogP contribution in [0.5, 0.6) is 0 Å². The van der Waals surface area contributed by atoms with Crippen molar-refractivity contribution in [1.82, 2.24) is 10.2 Å². The summed E-state index contributed by atoms with van der Waals surface area (Å²) in [7, 11) is 0. The quantitative estimate of drug-likeness (QED) is 0.408. The van der Waals surface area contributed by atoms with Crippen LogP contribution < -0.4 is 5.32 Å². The van der Waals surface area contributed by atoms with E-state index < -0.39 is 17.6 Å². The number of carboxylic acid groups (broad SMARTS) is 1. The average molecular weight is 481 g/mol. The van der Waals surface area contributed by atoms with Crippen LogP contribution in [0.3, 0.4) is 0 Å². The van der Waals surface area contributed by atoms with Gasteiger partial charge in [0.2, 0.25) is 5.91 Å². The predicted octanol–water partition coefficient (Wildman–Crippen LogP) is 5.19. The maximum atomic E-state index is 13.4. The molecule has 2 N–H and O–H groups in total. The lowest BCUT2D eigenvalue weighted by Crippen LogP contribution is -2.58. The molecule has 0 radical (unpaired) electrons. The van der Waals surface area contributed by atoms with Crippen molar-refractivity contribution in [2.75, 3.05) is 19.7 Å². The molecule has 1 atom stereocenters. The number of alkyl carbamates (subject to hydrolysis) is 1. The minimum Gasteiger partial charge on any atom is -0.481 e. The minimum atomic E-state index is -1.10. The molecule has 2 aromatic rings. The van der Waals surface area contributed by atoms with Crippen molar-refractivity contribution in [2.24, 2.45) is 0 Å². The van der Waals surface area contributed by atoms with Crippen LogP contribution in [0.2, 0.25) is 0 Å². The highest BCUT2D eigenvalue weighted by atomic mass is 16.5. The summed E-state index contributed by atoms with van der Waals surface area (Å²) in [5, 5.41) is 11.7. The third-order valence-corrected chi connectivity index (χ3v) is 6.68. The Morgan fingerprint density at radius 3 is 2.14 bits per heavy atom. The number of carboxylic acids is 1. The summed E-state index contributed by atoms with van der Waals surface area (Å²) in [6.07, 6.45) is 1.75. The van der Waals surface area contributed by atoms with Gasteiger partial charge in [-0.2, -0.15) is 0 Å². The van der Waals surface area contributed by atoms with E-state index in [4.69, 9.17) is 9.84 Å². The van der Waals surface area contributed by atoms with Crippen molar-refractivity contribution < 1.29 is 24.2 Å². The van der Waals surface area contributed by atoms with Gasteiger partial charge in [-0.3, -0.25) is 9.59 Å². The van der Waals surface area contributed by atoms with Crippen LogP contribution in [0.15, 0.2) is 48.5 Å². The van der Waals surface area contributed by atoms with Gasteiger partial charge >= 0.3 is 12.1 Å². The number of aliphatic carboxylic acids is 1. The third kappa shape index (κ3) is 6.21. The van der Waals surface area contributed by atoms with Gasteiger partial charge in [0.05, 0.1) is 0 Å². The molecule has 188 valence electrons. The number of nitrogens with one attached hydrogen (secondary N) is 1. The van der Waals surface area contributed by atoms with Crippen LogP contribution in [-0.2, 0) is 14.3 Å². The summed E-state index contributed by atoms with van der Waals surface area (Å²) in [6.45, 7) is 6.71. The van der Waals surface area contributed by atoms with Crippen LogP contribution >= 0.6 is 0 Å². The molecule has 0 heterocycles. The van der Waals surface area contributed by atoms with Crippen LogP contribution in [0.1, 0.15) is 69.9 Å². The van der Waals surface area contributed by atoms with E-state index in [9.17, 15) is 14.4 Å². The number of unbranched alkanes of at least 4 members (excludes halogenated alkanes) is 1. The van der Waals surface area contributed by atoms with Gasteiger partial charge in [-0.05, 0) is 55.4 Å². The molecular weight excluding hydrogens is 444 g/mol. The van der Waals surface area contributed by atoms with Gasteiger partial charge in [0.1, 0.15) is 12.1 Å². The van der Waals surface area contributed by atoms with Crippen molar-refractivity contribution in [1.29, 1.82) is 0 Å². The number of benzene rings is 2. The molecule has 0 saturated carbocycles. The fourth-order valence-corrected chi connectivity index (χ4v) is 4.91. The number of rotatable bonds is 12. The fraction of sp³-hybridized carbons (Fsp3) is 0.464. The smallest absolute Gasteiger partial charge is 0.408 e. The first-order chi connectivity index (χ1) is 16.8. The molecule has 1 unspecified atom stereocenters. The van der Waals surface area contributed by atoms with Gasteiger partial charge in [0, 0.05) is 25.4 Å². The normalized spacial score (nSPS) is 13.9. The molecule has 0 spiro atoms. The number of hydrogen-bond donors (Lipinski definition) is 2. The number of hydrogen-bond acceptors (Lipinski definition) is 4. The standard InChI is InChI=1S/C28H36N2O5/c1-4-17-28(3,26(33)30(5-2)18-11-10-16-25(31)32)29-27(34)35-19-24-22-14-8-6-12-20(22)21-13-7-9-15-23(21)24/h6-9,12-15,24H,4-5,10-11,16-19H2,1-3H3,(H,29,34)(H,31,32). The van der Waals surface area contributed by atoms with E-state index in [1.807, 2.05) is 38.1 Å². The molecule has 2 amide bonds. The summed E-state index contributed by atoms with van der Waals surface area (Å²) >= 11 is 0. The Bertz CT molecular complexity index is 1010. The van der Waals surface area contributed by atoms with Crippen molar-refractivity contribution in [3.8, 4) is 11.1 Å². The second-order valence-corrected chi connectivity index (χ2v) is 9.27. The van der Waals surface area contributed by atoms with Gasteiger partial charge in [0.25, 0.3) is 0 Å². The highest BCUT2D eigenvalue weighted by Crippen LogP contribution is 2.44. The molecule has 1 aliphatic carbocycles. The second kappa shape index (κ2) is 11.9. The van der Waals surface area contributed by atoms with E-state index in [-0.39, 0.29) is 24.9 Å². The summed E-state index contributed by atoms with van der Waals surface area (Å²) < 4.78 is 5.68. The van der Waals surface area contributed by atoms with E-state index in [2.05, 4.69) is 29.6 Å². The molecule has 35 heavy (non-hydrogen) atoms. The van der Waals surface area contributed by atoms with Crippen LogP contribution in [0.4, 0.5) is 4.79 Å². The predicted molar refractivity (Wildman–Crippen MR) is 135 cm³/mol. The molecule has 1 aliphatic rings. The molecule has 0 fully saturated rings. The highest BCUT2D eigenvalue weighted by molar-refractivity contribution is 5.89. The zero-order chi connectivity index (χ0) is 25.4. The molecule has 0 bridgehead atoms. The van der Waals surface area contributed by atoms with Gasteiger partial charge < -0.3 is 20.1 Å². The van der Waals surface area contributed by atoms with Crippen molar-refractivity contribution in [2.45, 2.75) is 64.3 Å². The highest BCUT2D eigenvalue weighted by Gasteiger charge is 2.38. The monoisotopic (exact) mass is 480 g/mol. The van der Waals surface area contributed by atoms with E-state index in [1.165, 1.54) is 0 Å². The largest absolute Gasteiger partial charge is 0.481 e. The summed E-state index contributed by atoms with van der Waals surface area (Å²) in [4.78, 5) is 38.7. The number of fused-ring (bicyclic) bond motifs is 3. The first kappa shape index (κ1) is 26.3. The lowest BCUT2D eigenvalue weighted by atomic mass is 9.94. The lowest BCUT2D eigenvalue weighted by Gasteiger charge is -2.34.